The van der Waals surface area contributed by atoms with Gasteiger partial charge in [0.25, 0.3) is 0 Å². The number of hydrogen-bond donors (Lipinski definition) is 1. The van der Waals surface area contributed by atoms with Gasteiger partial charge in [-0.05, 0) is 26.7 Å². The SMILES string of the molecule is CCC1(CC)CN(Cc2scnc2C)C(C)CN1. The summed E-state index contributed by atoms with van der Waals surface area (Å²) in [6.07, 6.45) is 2.41. The summed E-state index contributed by atoms with van der Waals surface area (Å²) in [6, 6.07) is 0.609. The molecule has 18 heavy (non-hydrogen) atoms. The molecule has 2 rings (SSSR count). The van der Waals surface area contributed by atoms with Crippen LogP contribution in [-0.4, -0.2) is 34.6 Å². The number of piperazine rings is 1. The zero-order valence-corrected chi connectivity index (χ0v) is 12.8. The fourth-order valence-electron chi connectivity index (χ4n) is 2.69. The molecule has 4 heteroatoms. The van der Waals surface area contributed by atoms with Crippen LogP contribution in [-0.2, 0) is 6.54 Å². The lowest BCUT2D eigenvalue weighted by atomic mass is 9.88. The molecule has 1 atom stereocenters. The fourth-order valence-corrected chi connectivity index (χ4v) is 3.49. The van der Waals surface area contributed by atoms with Crippen LogP contribution in [0.15, 0.2) is 5.51 Å². The van der Waals surface area contributed by atoms with Crippen molar-refractivity contribution >= 4 is 11.3 Å². The number of hydrogen-bond acceptors (Lipinski definition) is 4. The molecule has 0 aliphatic carbocycles. The Kier molecular flexibility index (Phi) is 4.41. The highest BCUT2D eigenvalue weighted by molar-refractivity contribution is 7.09. The molecule has 3 nitrogen and oxygen atoms in total. The number of aromatic nitrogens is 1. The second-order valence-electron chi connectivity index (χ2n) is 5.48. The maximum absolute atomic E-state index is 4.36. The summed E-state index contributed by atoms with van der Waals surface area (Å²) in [5, 5.41) is 3.75. The molecule has 1 aromatic heterocycles. The molecule has 1 aromatic rings. The summed E-state index contributed by atoms with van der Waals surface area (Å²) in [5.74, 6) is 0. The van der Waals surface area contributed by atoms with Gasteiger partial charge in [-0.1, -0.05) is 13.8 Å². The summed E-state index contributed by atoms with van der Waals surface area (Å²) < 4.78 is 0. The maximum Gasteiger partial charge on any atom is 0.0798 e. The predicted molar refractivity (Wildman–Crippen MR) is 78.0 cm³/mol. The topological polar surface area (TPSA) is 28.2 Å². The molecule has 1 unspecified atom stereocenters. The van der Waals surface area contributed by atoms with Crippen LogP contribution in [0.3, 0.4) is 0 Å². The quantitative estimate of drug-likeness (QED) is 0.909. The Hall–Kier alpha value is -0.450. The third-order valence-corrected chi connectivity index (χ3v) is 5.37. The van der Waals surface area contributed by atoms with E-state index in [1.165, 1.54) is 23.4 Å². The van der Waals surface area contributed by atoms with E-state index in [-0.39, 0.29) is 0 Å². The summed E-state index contributed by atoms with van der Waals surface area (Å²) in [4.78, 5) is 8.40. The van der Waals surface area contributed by atoms with Gasteiger partial charge < -0.3 is 5.32 Å². The number of rotatable bonds is 4. The Bertz CT molecular complexity index is 384. The molecule has 102 valence electrons. The van der Waals surface area contributed by atoms with Crippen LogP contribution in [0.1, 0.15) is 44.2 Å². The zero-order chi connectivity index (χ0) is 13.2. The molecule has 0 bridgehead atoms. The average Bonchev–Trinajstić information content (AvgIpc) is 2.78. The van der Waals surface area contributed by atoms with Crippen molar-refractivity contribution in [1.29, 1.82) is 0 Å². The molecule has 1 fully saturated rings. The van der Waals surface area contributed by atoms with Crippen LogP contribution in [0.2, 0.25) is 0 Å². The van der Waals surface area contributed by atoms with Gasteiger partial charge in [0, 0.05) is 36.1 Å². The Labute approximate surface area is 115 Å². The summed E-state index contributed by atoms with van der Waals surface area (Å²) in [6.45, 7) is 12.3. The van der Waals surface area contributed by atoms with Crippen molar-refractivity contribution in [1.82, 2.24) is 15.2 Å². The molecular weight excluding hydrogens is 242 g/mol. The molecule has 0 saturated carbocycles. The van der Waals surface area contributed by atoms with E-state index in [1.807, 2.05) is 5.51 Å². The van der Waals surface area contributed by atoms with E-state index < -0.39 is 0 Å². The normalized spacial score (nSPS) is 24.3. The Morgan fingerprint density at radius 2 is 2.22 bits per heavy atom. The van der Waals surface area contributed by atoms with E-state index in [1.54, 1.807) is 11.3 Å². The highest BCUT2D eigenvalue weighted by Gasteiger charge is 2.35. The van der Waals surface area contributed by atoms with Gasteiger partial charge in [-0.2, -0.15) is 0 Å². The standard InChI is InChI=1S/C14H25N3S/c1-5-14(6-2)9-17(11(3)7-16-14)8-13-12(4)15-10-18-13/h10-11,16H,5-9H2,1-4H3. The molecule has 1 saturated heterocycles. The van der Waals surface area contributed by atoms with Gasteiger partial charge in [0.2, 0.25) is 0 Å². The van der Waals surface area contributed by atoms with Crippen LogP contribution >= 0.6 is 11.3 Å². The third kappa shape index (κ3) is 2.76. The minimum Gasteiger partial charge on any atom is -0.308 e. The zero-order valence-electron chi connectivity index (χ0n) is 12.0. The number of nitrogens with zero attached hydrogens (tertiary/aromatic N) is 2. The lowest BCUT2D eigenvalue weighted by Crippen LogP contribution is -2.62. The van der Waals surface area contributed by atoms with E-state index in [4.69, 9.17) is 0 Å². The van der Waals surface area contributed by atoms with Gasteiger partial charge in [0.1, 0.15) is 0 Å². The molecular formula is C14H25N3S. The monoisotopic (exact) mass is 267 g/mol. The predicted octanol–water partition coefficient (Wildman–Crippen LogP) is 2.80. The molecule has 0 amide bonds. The molecule has 0 spiro atoms. The third-order valence-electron chi connectivity index (χ3n) is 4.45. The van der Waals surface area contributed by atoms with Gasteiger partial charge in [-0.15, -0.1) is 11.3 Å². The van der Waals surface area contributed by atoms with Crippen LogP contribution in [0.4, 0.5) is 0 Å². The van der Waals surface area contributed by atoms with Crippen molar-refractivity contribution in [3.8, 4) is 0 Å². The highest BCUT2D eigenvalue weighted by atomic mass is 32.1. The smallest absolute Gasteiger partial charge is 0.0798 e. The summed E-state index contributed by atoms with van der Waals surface area (Å²) in [5.41, 5.74) is 3.47. The maximum atomic E-state index is 4.36. The van der Waals surface area contributed by atoms with Gasteiger partial charge >= 0.3 is 0 Å². The molecule has 1 N–H and O–H groups in total. The summed E-state index contributed by atoms with van der Waals surface area (Å²) >= 11 is 1.79. The van der Waals surface area contributed by atoms with Crippen LogP contribution in [0, 0.1) is 6.92 Å². The Balaban J connectivity index is 2.08. The minimum atomic E-state index is 0.311. The second kappa shape index (κ2) is 5.68. The van der Waals surface area contributed by atoms with Crippen molar-refractivity contribution in [2.45, 2.75) is 58.7 Å². The van der Waals surface area contributed by atoms with Gasteiger partial charge in [0.05, 0.1) is 11.2 Å². The van der Waals surface area contributed by atoms with Gasteiger partial charge in [-0.3, -0.25) is 4.90 Å². The van der Waals surface area contributed by atoms with Crippen LogP contribution in [0.5, 0.6) is 0 Å². The Morgan fingerprint density at radius 1 is 1.50 bits per heavy atom. The van der Waals surface area contributed by atoms with Gasteiger partial charge in [-0.25, -0.2) is 4.98 Å². The van der Waals surface area contributed by atoms with Crippen molar-refractivity contribution in [3.63, 3.8) is 0 Å². The van der Waals surface area contributed by atoms with E-state index in [2.05, 4.69) is 42.9 Å². The van der Waals surface area contributed by atoms with E-state index in [9.17, 15) is 0 Å². The van der Waals surface area contributed by atoms with Crippen molar-refractivity contribution in [2.24, 2.45) is 0 Å². The Morgan fingerprint density at radius 3 is 2.78 bits per heavy atom. The van der Waals surface area contributed by atoms with E-state index >= 15 is 0 Å². The van der Waals surface area contributed by atoms with Gasteiger partial charge in [0.15, 0.2) is 0 Å². The summed E-state index contributed by atoms with van der Waals surface area (Å²) in [7, 11) is 0. The second-order valence-corrected chi connectivity index (χ2v) is 6.42. The van der Waals surface area contributed by atoms with E-state index in [0.29, 0.717) is 11.6 Å². The molecule has 1 aliphatic heterocycles. The first-order chi connectivity index (χ1) is 8.60. The molecule has 1 aliphatic rings. The number of nitrogens with one attached hydrogen (secondary N) is 1. The van der Waals surface area contributed by atoms with Crippen molar-refractivity contribution < 1.29 is 0 Å². The number of aryl methyl sites for hydroxylation is 1. The first-order valence-electron chi connectivity index (χ1n) is 6.98. The number of thiazole rings is 1. The first-order valence-corrected chi connectivity index (χ1v) is 7.86. The first kappa shape index (κ1) is 14.0. The molecule has 2 heterocycles. The lowest BCUT2D eigenvalue weighted by molar-refractivity contribution is 0.0752. The average molecular weight is 267 g/mol. The highest BCUT2D eigenvalue weighted by Crippen LogP contribution is 2.25. The molecule has 0 radical (unpaired) electrons. The fraction of sp³-hybridized carbons (Fsp3) is 0.786. The minimum absolute atomic E-state index is 0.311. The molecule has 0 aromatic carbocycles. The van der Waals surface area contributed by atoms with E-state index in [0.717, 1.165) is 19.6 Å². The van der Waals surface area contributed by atoms with Crippen LogP contribution < -0.4 is 5.32 Å². The van der Waals surface area contributed by atoms with Crippen molar-refractivity contribution in [3.05, 3.63) is 16.1 Å². The van der Waals surface area contributed by atoms with Crippen LogP contribution in [0.25, 0.3) is 0 Å². The van der Waals surface area contributed by atoms with Crippen molar-refractivity contribution in [2.75, 3.05) is 13.1 Å². The largest absolute Gasteiger partial charge is 0.308 e. The lowest BCUT2D eigenvalue weighted by Gasteiger charge is -2.46.